The molecule has 1 aromatic heterocycles. The molecule has 2 aromatic carbocycles. The summed E-state index contributed by atoms with van der Waals surface area (Å²) in [7, 11) is -1.08. The Labute approximate surface area is 175 Å². The van der Waals surface area contributed by atoms with Crippen LogP contribution in [0.5, 0.6) is 5.75 Å². The van der Waals surface area contributed by atoms with Gasteiger partial charge in [-0.2, -0.15) is 4.31 Å². The molecule has 3 aromatic rings. The van der Waals surface area contributed by atoms with E-state index in [1.54, 1.807) is 13.0 Å². The fraction of sp³-hybridized carbons (Fsp3) is 0.238. The van der Waals surface area contributed by atoms with Gasteiger partial charge in [-0.1, -0.05) is 35.5 Å². The summed E-state index contributed by atoms with van der Waals surface area (Å²) in [6.07, 6.45) is 0. The lowest BCUT2D eigenvalue weighted by Gasteiger charge is -2.19. The van der Waals surface area contributed by atoms with E-state index in [2.05, 4.69) is 5.16 Å². The fourth-order valence-corrected chi connectivity index (χ4v) is 4.14. The van der Waals surface area contributed by atoms with E-state index >= 15 is 0 Å². The number of aryl methyl sites for hydroxylation is 1. The second-order valence-electron chi connectivity index (χ2n) is 6.62. The first kappa shape index (κ1) is 21.5. The van der Waals surface area contributed by atoms with Crippen molar-refractivity contribution in [2.24, 2.45) is 0 Å². The van der Waals surface area contributed by atoms with Gasteiger partial charge in [0.05, 0.1) is 12.7 Å². The zero-order valence-corrected chi connectivity index (χ0v) is 17.7. The summed E-state index contributed by atoms with van der Waals surface area (Å²) < 4.78 is 42.9. The first-order valence-corrected chi connectivity index (χ1v) is 10.5. The molecule has 0 atom stereocenters. The van der Waals surface area contributed by atoms with E-state index in [0.717, 1.165) is 5.56 Å². The lowest BCUT2D eigenvalue weighted by molar-refractivity contribution is 0.0464. The van der Waals surface area contributed by atoms with Crippen LogP contribution in [0.1, 0.15) is 27.4 Å². The highest BCUT2D eigenvalue weighted by molar-refractivity contribution is 7.89. The highest BCUT2D eigenvalue weighted by atomic mass is 32.2. The largest absolute Gasteiger partial charge is 0.495 e. The van der Waals surface area contributed by atoms with Crippen molar-refractivity contribution < 1.29 is 27.2 Å². The van der Waals surface area contributed by atoms with E-state index in [0.29, 0.717) is 11.5 Å². The van der Waals surface area contributed by atoms with Crippen LogP contribution < -0.4 is 4.74 Å². The second-order valence-corrected chi connectivity index (χ2v) is 8.63. The number of esters is 1. The molecule has 0 amide bonds. The Morgan fingerprint density at radius 3 is 2.50 bits per heavy atom. The third-order valence-corrected chi connectivity index (χ3v) is 6.19. The number of carbonyl (C=O) groups is 1. The molecule has 0 aliphatic carbocycles. The number of hydrogen-bond donors (Lipinski definition) is 0. The van der Waals surface area contributed by atoms with Gasteiger partial charge in [0.15, 0.2) is 0 Å². The standard InChI is InChI=1S/C21H22N2O6S/c1-15-11-18(22-29-15)14-28-21(24)17-9-10-19(27-3)20(12-17)30(25,26)23(2)13-16-7-5-4-6-8-16/h4-12H,13-14H2,1-3H3. The Bertz CT molecular complexity index is 1130. The van der Waals surface area contributed by atoms with Gasteiger partial charge in [-0.25, -0.2) is 13.2 Å². The smallest absolute Gasteiger partial charge is 0.338 e. The molecular weight excluding hydrogens is 408 g/mol. The Balaban J connectivity index is 1.83. The van der Waals surface area contributed by atoms with Gasteiger partial charge in [-0.3, -0.25) is 0 Å². The van der Waals surface area contributed by atoms with Gasteiger partial charge < -0.3 is 14.0 Å². The van der Waals surface area contributed by atoms with Crippen molar-refractivity contribution in [3.8, 4) is 5.75 Å². The van der Waals surface area contributed by atoms with Crippen LogP contribution in [0.15, 0.2) is 64.0 Å². The molecule has 158 valence electrons. The molecular formula is C21H22N2O6S. The number of sulfonamides is 1. The molecule has 0 fully saturated rings. The van der Waals surface area contributed by atoms with E-state index in [-0.39, 0.29) is 29.4 Å². The molecule has 8 nitrogen and oxygen atoms in total. The topological polar surface area (TPSA) is 98.9 Å². The van der Waals surface area contributed by atoms with Gasteiger partial charge in [-0.05, 0) is 30.7 Å². The third kappa shape index (κ3) is 4.87. The van der Waals surface area contributed by atoms with E-state index < -0.39 is 16.0 Å². The molecule has 3 rings (SSSR count). The Morgan fingerprint density at radius 2 is 1.87 bits per heavy atom. The molecule has 1 heterocycles. The number of methoxy groups -OCH3 is 1. The SMILES string of the molecule is COc1ccc(C(=O)OCc2cc(C)on2)cc1S(=O)(=O)N(C)Cc1ccccc1. The van der Waals surface area contributed by atoms with E-state index in [4.69, 9.17) is 14.0 Å². The maximum atomic E-state index is 13.1. The molecule has 0 radical (unpaired) electrons. The summed E-state index contributed by atoms with van der Waals surface area (Å²) in [6.45, 7) is 1.82. The first-order valence-electron chi connectivity index (χ1n) is 9.09. The fourth-order valence-electron chi connectivity index (χ4n) is 2.81. The van der Waals surface area contributed by atoms with Gasteiger partial charge >= 0.3 is 5.97 Å². The van der Waals surface area contributed by atoms with Crippen molar-refractivity contribution in [3.63, 3.8) is 0 Å². The minimum absolute atomic E-state index is 0.0851. The highest BCUT2D eigenvalue weighted by Gasteiger charge is 2.26. The maximum Gasteiger partial charge on any atom is 0.338 e. The van der Waals surface area contributed by atoms with Crippen LogP contribution in [0.4, 0.5) is 0 Å². The molecule has 0 aliphatic heterocycles. The van der Waals surface area contributed by atoms with Crippen molar-refractivity contribution in [2.75, 3.05) is 14.2 Å². The van der Waals surface area contributed by atoms with E-state index in [9.17, 15) is 13.2 Å². The third-order valence-electron chi connectivity index (χ3n) is 4.36. The number of benzene rings is 2. The monoisotopic (exact) mass is 430 g/mol. The second kappa shape index (κ2) is 9.10. The minimum Gasteiger partial charge on any atom is -0.495 e. The summed E-state index contributed by atoms with van der Waals surface area (Å²) >= 11 is 0. The van der Waals surface area contributed by atoms with Crippen LogP contribution in [-0.4, -0.2) is 38.0 Å². The van der Waals surface area contributed by atoms with Crippen LogP contribution in [0.25, 0.3) is 0 Å². The first-order chi connectivity index (χ1) is 14.3. The van der Waals surface area contributed by atoms with Crippen molar-refractivity contribution in [3.05, 3.63) is 77.2 Å². The minimum atomic E-state index is -3.93. The molecule has 30 heavy (non-hydrogen) atoms. The van der Waals surface area contributed by atoms with Crippen LogP contribution in [-0.2, 0) is 27.9 Å². The van der Waals surface area contributed by atoms with Gasteiger partial charge in [0.1, 0.15) is 28.7 Å². The number of aromatic nitrogens is 1. The Kier molecular flexibility index (Phi) is 6.53. The van der Waals surface area contributed by atoms with Gasteiger partial charge in [0.25, 0.3) is 0 Å². The van der Waals surface area contributed by atoms with Gasteiger partial charge in [0.2, 0.25) is 10.0 Å². The van der Waals surface area contributed by atoms with Crippen molar-refractivity contribution in [2.45, 2.75) is 25.0 Å². The molecule has 0 saturated heterocycles. The van der Waals surface area contributed by atoms with Crippen molar-refractivity contribution >= 4 is 16.0 Å². The Hall–Kier alpha value is -3.17. The zero-order valence-electron chi connectivity index (χ0n) is 16.9. The number of carbonyl (C=O) groups excluding carboxylic acids is 1. The molecule has 0 bridgehead atoms. The van der Waals surface area contributed by atoms with Crippen LogP contribution >= 0.6 is 0 Å². The summed E-state index contributed by atoms with van der Waals surface area (Å²) in [6, 6.07) is 15.0. The summed E-state index contributed by atoms with van der Waals surface area (Å²) in [5.74, 6) is 0.0550. The molecule has 0 unspecified atom stereocenters. The number of rotatable bonds is 8. The predicted molar refractivity (Wildman–Crippen MR) is 108 cm³/mol. The lowest BCUT2D eigenvalue weighted by atomic mass is 10.2. The molecule has 0 saturated carbocycles. The van der Waals surface area contributed by atoms with Crippen LogP contribution in [0.2, 0.25) is 0 Å². The average molecular weight is 430 g/mol. The lowest BCUT2D eigenvalue weighted by Crippen LogP contribution is -2.27. The van der Waals surface area contributed by atoms with E-state index in [1.165, 1.54) is 36.7 Å². The van der Waals surface area contributed by atoms with Crippen molar-refractivity contribution in [1.82, 2.24) is 9.46 Å². The van der Waals surface area contributed by atoms with Gasteiger partial charge in [0, 0.05) is 19.7 Å². The number of ether oxygens (including phenoxy) is 2. The summed E-state index contributed by atoms with van der Waals surface area (Å²) in [4.78, 5) is 12.3. The zero-order chi connectivity index (χ0) is 21.7. The quantitative estimate of drug-likeness (QED) is 0.506. The van der Waals surface area contributed by atoms with E-state index in [1.807, 2.05) is 30.3 Å². The van der Waals surface area contributed by atoms with Crippen LogP contribution in [0.3, 0.4) is 0 Å². The normalized spacial score (nSPS) is 11.5. The van der Waals surface area contributed by atoms with Crippen LogP contribution in [0, 0.1) is 6.92 Å². The molecule has 0 N–H and O–H groups in total. The molecule has 0 aliphatic rings. The average Bonchev–Trinajstić information content (AvgIpc) is 3.17. The summed E-state index contributed by atoms with van der Waals surface area (Å²) in [5, 5.41) is 3.75. The number of nitrogens with zero attached hydrogens (tertiary/aromatic N) is 2. The maximum absolute atomic E-state index is 13.1. The highest BCUT2D eigenvalue weighted by Crippen LogP contribution is 2.28. The Morgan fingerprint density at radius 1 is 1.13 bits per heavy atom. The van der Waals surface area contributed by atoms with Gasteiger partial charge in [-0.15, -0.1) is 0 Å². The summed E-state index contributed by atoms with van der Waals surface area (Å²) in [5.41, 5.74) is 1.38. The molecule has 0 spiro atoms. The molecule has 9 heteroatoms. The number of hydrogen-bond acceptors (Lipinski definition) is 7. The van der Waals surface area contributed by atoms with Crippen molar-refractivity contribution in [1.29, 1.82) is 0 Å². The predicted octanol–water partition coefficient (Wildman–Crippen LogP) is 3.17.